The van der Waals surface area contributed by atoms with Crippen LogP contribution in [0.2, 0.25) is 0 Å². The Labute approximate surface area is 66.5 Å². The highest BCUT2D eigenvalue weighted by molar-refractivity contribution is 5.11. The average Bonchev–Trinajstić information content (AvgIpc) is 2.07. The highest BCUT2D eigenvalue weighted by Crippen LogP contribution is 2.40. The molecule has 2 heteroatoms. The zero-order valence-electron chi connectivity index (χ0n) is 6.42. The Morgan fingerprint density at radius 1 is 1.36 bits per heavy atom. The van der Waals surface area contributed by atoms with E-state index in [9.17, 15) is 0 Å². The molecule has 0 saturated heterocycles. The number of allylic oxidation sites excluding steroid dienone is 2. The summed E-state index contributed by atoms with van der Waals surface area (Å²) >= 11 is 0. The fourth-order valence-corrected chi connectivity index (χ4v) is 2.11. The molecule has 1 fully saturated rings. The highest BCUT2D eigenvalue weighted by Gasteiger charge is 2.30. The second kappa shape index (κ2) is 2.58. The molecule has 58 valence electrons. The first-order valence-electron chi connectivity index (χ1n) is 4.18. The summed E-state index contributed by atoms with van der Waals surface area (Å²) < 4.78 is 4.88. The number of nitriles is 1. The molecule has 0 aromatic carbocycles. The molecule has 0 unspecified atom stereocenters. The van der Waals surface area contributed by atoms with Gasteiger partial charge in [0.05, 0.1) is 0 Å². The van der Waals surface area contributed by atoms with Crippen LogP contribution < -0.4 is 0 Å². The SMILES string of the molecule is N#COC1=CC2CCC1CC2. The van der Waals surface area contributed by atoms with E-state index in [1.807, 2.05) is 0 Å². The van der Waals surface area contributed by atoms with E-state index in [-0.39, 0.29) is 0 Å². The Bertz CT molecular complexity index is 218. The summed E-state index contributed by atoms with van der Waals surface area (Å²) in [7, 11) is 0. The molecule has 2 nitrogen and oxygen atoms in total. The van der Waals surface area contributed by atoms with Crippen molar-refractivity contribution < 1.29 is 4.74 Å². The Hall–Kier alpha value is -0.970. The Balaban J connectivity index is 2.15. The van der Waals surface area contributed by atoms with Crippen LogP contribution in [0, 0.1) is 23.4 Å². The quantitative estimate of drug-likeness (QED) is 0.535. The molecule has 0 amide bonds. The number of fused-ring (bicyclic) bond motifs is 2. The number of rotatable bonds is 1. The van der Waals surface area contributed by atoms with Gasteiger partial charge in [-0.25, -0.2) is 0 Å². The van der Waals surface area contributed by atoms with Crippen molar-refractivity contribution in [1.29, 1.82) is 5.26 Å². The van der Waals surface area contributed by atoms with Gasteiger partial charge in [-0.05, 0) is 37.7 Å². The van der Waals surface area contributed by atoms with Crippen LogP contribution in [0.15, 0.2) is 11.8 Å². The van der Waals surface area contributed by atoms with Crippen LogP contribution in [-0.2, 0) is 4.74 Å². The largest absolute Gasteiger partial charge is 0.393 e. The molecule has 3 aliphatic rings. The summed E-state index contributed by atoms with van der Waals surface area (Å²) in [6.07, 6.45) is 8.92. The minimum absolute atomic E-state index is 0.555. The van der Waals surface area contributed by atoms with Gasteiger partial charge in [0.1, 0.15) is 5.76 Å². The van der Waals surface area contributed by atoms with Crippen molar-refractivity contribution in [1.82, 2.24) is 0 Å². The molecule has 2 bridgehead atoms. The van der Waals surface area contributed by atoms with Crippen LogP contribution in [0.25, 0.3) is 0 Å². The van der Waals surface area contributed by atoms with E-state index >= 15 is 0 Å². The standard InChI is InChI=1S/C9H11NO/c10-6-11-9-5-7-1-3-8(9)4-2-7/h5,7-8H,1-4H2. The van der Waals surface area contributed by atoms with Crippen molar-refractivity contribution >= 4 is 0 Å². The van der Waals surface area contributed by atoms with Crippen LogP contribution in [0.4, 0.5) is 0 Å². The van der Waals surface area contributed by atoms with Crippen molar-refractivity contribution in [2.45, 2.75) is 25.7 Å². The van der Waals surface area contributed by atoms with E-state index < -0.39 is 0 Å². The predicted molar refractivity (Wildman–Crippen MR) is 40.2 cm³/mol. The van der Waals surface area contributed by atoms with Gasteiger partial charge >= 0.3 is 0 Å². The first-order chi connectivity index (χ1) is 5.40. The zero-order valence-corrected chi connectivity index (χ0v) is 6.42. The van der Waals surface area contributed by atoms with Crippen molar-refractivity contribution in [3.8, 4) is 6.26 Å². The fraction of sp³-hybridized carbons (Fsp3) is 0.667. The monoisotopic (exact) mass is 149 g/mol. The van der Waals surface area contributed by atoms with Crippen LogP contribution in [0.3, 0.4) is 0 Å². The van der Waals surface area contributed by atoms with Gasteiger partial charge in [-0.1, -0.05) is 0 Å². The molecule has 0 aromatic heterocycles. The topological polar surface area (TPSA) is 33.0 Å². The summed E-state index contributed by atoms with van der Waals surface area (Å²) in [5.41, 5.74) is 0. The number of ether oxygens (including phenoxy) is 1. The third kappa shape index (κ3) is 1.11. The maximum atomic E-state index is 8.33. The molecule has 0 heterocycles. The summed E-state index contributed by atoms with van der Waals surface area (Å²) in [6.45, 7) is 0. The zero-order chi connectivity index (χ0) is 7.68. The fourth-order valence-electron chi connectivity index (χ4n) is 2.11. The molecular formula is C9H11NO. The lowest BCUT2D eigenvalue weighted by Gasteiger charge is -2.33. The molecule has 0 aliphatic heterocycles. The summed E-state index contributed by atoms with van der Waals surface area (Å²) in [5, 5.41) is 8.33. The lowest BCUT2D eigenvalue weighted by molar-refractivity contribution is 0.208. The van der Waals surface area contributed by atoms with Gasteiger partial charge < -0.3 is 4.74 Å². The van der Waals surface area contributed by atoms with Crippen molar-refractivity contribution in [3.63, 3.8) is 0 Å². The van der Waals surface area contributed by atoms with E-state index in [0.29, 0.717) is 11.8 Å². The molecule has 3 rings (SSSR count). The highest BCUT2D eigenvalue weighted by atomic mass is 16.5. The van der Waals surface area contributed by atoms with Gasteiger partial charge in [0, 0.05) is 5.92 Å². The maximum absolute atomic E-state index is 8.33. The first kappa shape index (κ1) is 6.72. The van der Waals surface area contributed by atoms with Crippen LogP contribution in [0.1, 0.15) is 25.7 Å². The summed E-state index contributed by atoms with van der Waals surface area (Å²) in [6, 6.07) is 0. The van der Waals surface area contributed by atoms with E-state index in [1.165, 1.54) is 25.7 Å². The van der Waals surface area contributed by atoms with Gasteiger partial charge in [0.2, 0.25) is 0 Å². The van der Waals surface area contributed by atoms with Crippen LogP contribution in [0.5, 0.6) is 0 Å². The van der Waals surface area contributed by atoms with Crippen molar-refractivity contribution in [2.75, 3.05) is 0 Å². The second-order valence-corrected chi connectivity index (χ2v) is 3.37. The third-order valence-electron chi connectivity index (χ3n) is 2.74. The van der Waals surface area contributed by atoms with Gasteiger partial charge in [-0.3, -0.25) is 0 Å². The van der Waals surface area contributed by atoms with Crippen LogP contribution >= 0.6 is 0 Å². The van der Waals surface area contributed by atoms with E-state index in [2.05, 4.69) is 6.08 Å². The van der Waals surface area contributed by atoms with Crippen molar-refractivity contribution in [3.05, 3.63) is 11.8 Å². The maximum Gasteiger partial charge on any atom is 0.291 e. The van der Waals surface area contributed by atoms with Crippen LogP contribution in [-0.4, -0.2) is 0 Å². The molecule has 1 saturated carbocycles. The number of hydrogen-bond acceptors (Lipinski definition) is 2. The first-order valence-corrected chi connectivity index (χ1v) is 4.18. The Morgan fingerprint density at radius 2 is 2.09 bits per heavy atom. The lowest BCUT2D eigenvalue weighted by atomic mass is 9.75. The molecule has 0 spiro atoms. The van der Waals surface area contributed by atoms with Gasteiger partial charge in [0.15, 0.2) is 0 Å². The molecule has 0 atom stereocenters. The van der Waals surface area contributed by atoms with E-state index in [0.717, 1.165) is 5.76 Å². The molecule has 3 aliphatic carbocycles. The third-order valence-corrected chi connectivity index (χ3v) is 2.74. The smallest absolute Gasteiger partial charge is 0.291 e. The summed E-state index contributed by atoms with van der Waals surface area (Å²) in [5.74, 6) is 2.19. The van der Waals surface area contributed by atoms with E-state index in [4.69, 9.17) is 10.00 Å². The second-order valence-electron chi connectivity index (χ2n) is 3.37. The lowest BCUT2D eigenvalue weighted by Crippen LogP contribution is -2.22. The Morgan fingerprint density at radius 3 is 2.55 bits per heavy atom. The van der Waals surface area contributed by atoms with Gasteiger partial charge in [0.25, 0.3) is 6.26 Å². The van der Waals surface area contributed by atoms with E-state index in [1.54, 1.807) is 6.26 Å². The van der Waals surface area contributed by atoms with Gasteiger partial charge in [-0.2, -0.15) is 0 Å². The molecular weight excluding hydrogens is 138 g/mol. The average molecular weight is 149 g/mol. The molecule has 0 N–H and O–H groups in total. The predicted octanol–water partition coefficient (Wildman–Crippen LogP) is 2.19. The minimum atomic E-state index is 0.555. The van der Waals surface area contributed by atoms with Gasteiger partial charge in [-0.15, -0.1) is 5.26 Å². The Kier molecular flexibility index (Phi) is 1.58. The number of hydrogen-bond donors (Lipinski definition) is 0. The summed E-state index contributed by atoms with van der Waals surface area (Å²) in [4.78, 5) is 0. The number of nitrogens with zero attached hydrogens (tertiary/aromatic N) is 1. The van der Waals surface area contributed by atoms with Crippen molar-refractivity contribution in [2.24, 2.45) is 11.8 Å². The molecule has 0 radical (unpaired) electrons. The minimum Gasteiger partial charge on any atom is -0.393 e. The molecule has 11 heavy (non-hydrogen) atoms. The normalized spacial score (nSPS) is 34.3. The molecule has 0 aromatic rings.